The number of benzene rings is 3. The zero-order chi connectivity index (χ0) is 16.9. The lowest BCUT2D eigenvalue weighted by Crippen LogP contribution is -2.11. The molecule has 0 spiro atoms. The molecule has 0 unspecified atom stereocenters. The van der Waals surface area contributed by atoms with Gasteiger partial charge in [-0.05, 0) is 67.6 Å². The molecule has 0 radical (unpaired) electrons. The molecule has 0 saturated carbocycles. The molecule has 120 valence electrons. The Labute approximate surface area is 149 Å². The van der Waals surface area contributed by atoms with Crippen LogP contribution < -0.4 is 10.1 Å². The van der Waals surface area contributed by atoms with Gasteiger partial charge in [-0.1, -0.05) is 33.6 Å². The molecule has 3 aromatic rings. The second kappa shape index (κ2) is 7.32. The molecule has 24 heavy (non-hydrogen) atoms. The first kappa shape index (κ1) is 16.3. The fraction of sp³-hybridized carbons (Fsp3) is 0.0500. The summed E-state index contributed by atoms with van der Waals surface area (Å²) in [5, 5.41) is 2.87. The van der Waals surface area contributed by atoms with Crippen molar-refractivity contribution in [2.45, 2.75) is 6.92 Å². The third-order valence-corrected chi connectivity index (χ3v) is 4.00. The number of amides is 1. The lowest BCUT2D eigenvalue weighted by molar-refractivity contribution is 0.102. The van der Waals surface area contributed by atoms with Crippen LogP contribution in [0.25, 0.3) is 0 Å². The molecule has 0 aliphatic rings. The molecule has 0 aliphatic heterocycles. The zero-order valence-corrected chi connectivity index (χ0v) is 14.7. The van der Waals surface area contributed by atoms with Gasteiger partial charge in [0.15, 0.2) is 0 Å². The standard InChI is InChI=1S/C20H16BrNO2/c1-14-2-10-18(11-3-14)24-19-12-8-17(9-13-19)22-20(23)15-4-6-16(21)7-5-15/h2-13H,1H3,(H,22,23). The second-order valence-corrected chi connectivity index (χ2v) is 6.32. The van der Waals surface area contributed by atoms with Gasteiger partial charge in [-0.3, -0.25) is 4.79 Å². The predicted octanol–water partition coefficient (Wildman–Crippen LogP) is 5.80. The van der Waals surface area contributed by atoms with E-state index in [1.807, 2.05) is 67.6 Å². The maximum Gasteiger partial charge on any atom is 0.255 e. The van der Waals surface area contributed by atoms with Crippen LogP contribution in [-0.4, -0.2) is 5.91 Å². The van der Waals surface area contributed by atoms with Gasteiger partial charge in [0.2, 0.25) is 0 Å². The van der Waals surface area contributed by atoms with E-state index in [2.05, 4.69) is 21.2 Å². The van der Waals surface area contributed by atoms with Crippen molar-refractivity contribution >= 4 is 27.5 Å². The number of carbonyl (C=O) groups is 1. The molecule has 0 aromatic heterocycles. The van der Waals surface area contributed by atoms with E-state index >= 15 is 0 Å². The first-order chi connectivity index (χ1) is 11.6. The van der Waals surface area contributed by atoms with Crippen molar-refractivity contribution < 1.29 is 9.53 Å². The topological polar surface area (TPSA) is 38.3 Å². The number of halogens is 1. The highest BCUT2D eigenvalue weighted by atomic mass is 79.9. The Bertz CT molecular complexity index is 825. The van der Waals surface area contributed by atoms with Crippen molar-refractivity contribution in [3.63, 3.8) is 0 Å². The van der Waals surface area contributed by atoms with Crippen LogP contribution in [0.15, 0.2) is 77.3 Å². The van der Waals surface area contributed by atoms with E-state index in [1.165, 1.54) is 5.56 Å². The number of hydrogen-bond acceptors (Lipinski definition) is 2. The van der Waals surface area contributed by atoms with Gasteiger partial charge in [0, 0.05) is 15.7 Å². The quantitative estimate of drug-likeness (QED) is 0.619. The maximum absolute atomic E-state index is 12.2. The third-order valence-electron chi connectivity index (χ3n) is 3.48. The van der Waals surface area contributed by atoms with Crippen LogP contribution >= 0.6 is 15.9 Å². The van der Waals surface area contributed by atoms with E-state index in [0.717, 1.165) is 21.7 Å². The summed E-state index contributed by atoms with van der Waals surface area (Å²) in [7, 11) is 0. The summed E-state index contributed by atoms with van der Waals surface area (Å²) in [6.45, 7) is 2.03. The highest BCUT2D eigenvalue weighted by molar-refractivity contribution is 9.10. The molecular formula is C20H16BrNO2. The maximum atomic E-state index is 12.2. The van der Waals surface area contributed by atoms with Crippen molar-refractivity contribution in [1.82, 2.24) is 0 Å². The van der Waals surface area contributed by atoms with E-state index in [-0.39, 0.29) is 5.91 Å². The summed E-state index contributed by atoms with van der Waals surface area (Å²) in [4.78, 5) is 12.2. The molecule has 3 nitrogen and oxygen atoms in total. The normalized spacial score (nSPS) is 10.2. The van der Waals surface area contributed by atoms with Gasteiger partial charge in [0.1, 0.15) is 11.5 Å². The lowest BCUT2D eigenvalue weighted by atomic mass is 10.2. The Kier molecular flexibility index (Phi) is 4.96. The largest absolute Gasteiger partial charge is 0.457 e. The van der Waals surface area contributed by atoms with E-state index in [1.54, 1.807) is 12.1 Å². The van der Waals surface area contributed by atoms with Crippen LogP contribution in [-0.2, 0) is 0 Å². The van der Waals surface area contributed by atoms with Crippen LogP contribution in [0.4, 0.5) is 5.69 Å². The Morgan fingerprint density at radius 1 is 0.833 bits per heavy atom. The van der Waals surface area contributed by atoms with Crippen molar-refractivity contribution in [1.29, 1.82) is 0 Å². The van der Waals surface area contributed by atoms with Crippen LogP contribution in [0.5, 0.6) is 11.5 Å². The molecule has 0 atom stereocenters. The smallest absolute Gasteiger partial charge is 0.255 e. The summed E-state index contributed by atoms with van der Waals surface area (Å²) < 4.78 is 6.71. The first-order valence-corrected chi connectivity index (χ1v) is 8.31. The summed E-state index contributed by atoms with van der Waals surface area (Å²) in [5.74, 6) is 1.36. The van der Waals surface area contributed by atoms with E-state index < -0.39 is 0 Å². The van der Waals surface area contributed by atoms with Gasteiger partial charge in [-0.15, -0.1) is 0 Å². The molecular weight excluding hydrogens is 366 g/mol. The zero-order valence-electron chi connectivity index (χ0n) is 13.1. The minimum Gasteiger partial charge on any atom is -0.457 e. The molecule has 0 saturated heterocycles. The Balaban J connectivity index is 1.64. The minimum absolute atomic E-state index is 0.144. The number of hydrogen-bond donors (Lipinski definition) is 1. The highest BCUT2D eigenvalue weighted by Crippen LogP contribution is 2.23. The molecule has 0 fully saturated rings. The van der Waals surface area contributed by atoms with Gasteiger partial charge in [-0.25, -0.2) is 0 Å². The van der Waals surface area contributed by atoms with Crippen LogP contribution in [0.3, 0.4) is 0 Å². The van der Waals surface area contributed by atoms with Gasteiger partial charge >= 0.3 is 0 Å². The number of carbonyl (C=O) groups excluding carboxylic acids is 1. The van der Waals surface area contributed by atoms with Crippen LogP contribution in [0.1, 0.15) is 15.9 Å². The number of anilines is 1. The number of aryl methyl sites for hydroxylation is 1. The van der Waals surface area contributed by atoms with Crippen molar-refractivity contribution in [2.75, 3.05) is 5.32 Å². The predicted molar refractivity (Wildman–Crippen MR) is 99.8 cm³/mol. The summed E-state index contributed by atoms with van der Waals surface area (Å²) in [5.41, 5.74) is 2.52. The monoisotopic (exact) mass is 381 g/mol. The van der Waals surface area contributed by atoms with Crippen LogP contribution in [0, 0.1) is 6.92 Å². The lowest BCUT2D eigenvalue weighted by Gasteiger charge is -2.08. The summed E-state index contributed by atoms with van der Waals surface area (Å²) in [6, 6.07) is 22.4. The van der Waals surface area contributed by atoms with Crippen molar-refractivity contribution in [3.8, 4) is 11.5 Å². The Morgan fingerprint density at radius 2 is 1.38 bits per heavy atom. The first-order valence-electron chi connectivity index (χ1n) is 7.52. The number of rotatable bonds is 4. The Morgan fingerprint density at radius 3 is 1.96 bits per heavy atom. The van der Waals surface area contributed by atoms with Crippen LogP contribution in [0.2, 0.25) is 0 Å². The molecule has 0 heterocycles. The average molecular weight is 382 g/mol. The molecule has 0 bridgehead atoms. The molecule has 1 N–H and O–H groups in total. The molecule has 0 aliphatic carbocycles. The van der Waals surface area contributed by atoms with Gasteiger partial charge in [0.05, 0.1) is 0 Å². The molecule has 1 amide bonds. The van der Waals surface area contributed by atoms with E-state index in [0.29, 0.717) is 5.56 Å². The van der Waals surface area contributed by atoms with Gasteiger partial charge in [0.25, 0.3) is 5.91 Å². The third kappa shape index (κ3) is 4.24. The van der Waals surface area contributed by atoms with Crippen molar-refractivity contribution in [3.05, 3.63) is 88.4 Å². The fourth-order valence-electron chi connectivity index (χ4n) is 2.15. The number of ether oxygens (including phenoxy) is 1. The Hall–Kier alpha value is -2.59. The second-order valence-electron chi connectivity index (χ2n) is 5.40. The van der Waals surface area contributed by atoms with Gasteiger partial charge < -0.3 is 10.1 Å². The van der Waals surface area contributed by atoms with E-state index in [9.17, 15) is 4.79 Å². The molecule has 3 rings (SSSR count). The average Bonchev–Trinajstić information content (AvgIpc) is 2.59. The molecule has 4 heteroatoms. The molecule has 3 aromatic carbocycles. The SMILES string of the molecule is Cc1ccc(Oc2ccc(NC(=O)c3ccc(Br)cc3)cc2)cc1. The summed E-state index contributed by atoms with van der Waals surface area (Å²) in [6.07, 6.45) is 0. The number of nitrogens with one attached hydrogen (secondary N) is 1. The van der Waals surface area contributed by atoms with E-state index in [4.69, 9.17) is 4.74 Å². The fourth-order valence-corrected chi connectivity index (χ4v) is 2.42. The highest BCUT2D eigenvalue weighted by Gasteiger charge is 2.06. The summed E-state index contributed by atoms with van der Waals surface area (Å²) >= 11 is 3.35. The minimum atomic E-state index is -0.144. The van der Waals surface area contributed by atoms with Gasteiger partial charge in [-0.2, -0.15) is 0 Å². The van der Waals surface area contributed by atoms with Crippen molar-refractivity contribution in [2.24, 2.45) is 0 Å².